The van der Waals surface area contributed by atoms with Gasteiger partial charge in [-0.05, 0) is 19.9 Å². The van der Waals surface area contributed by atoms with Gasteiger partial charge in [0.05, 0.1) is 5.56 Å². The van der Waals surface area contributed by atoms with Gasteiger partial charge in [-0.1, -0.05) is 0 Å². The largest absolute Gasteiger partial charge is 0.364 e. The standard InChI is InChI=1S/C11H12F2N2O2S/c1-6-4-11(17,10(12)13)15(14-6)9(16)8-3-7(2)18-5-8/h3,5,10,17H,4H2,1-2H3/t11-/m1/s1. The molecule has 1 atom stereocenters. The lowest BCUT2D eigenvalue weighted by Gasteiger charge is -2.29. The third-order valence-electron chi connectivity index (χ3n) is 2.67. The van der Waals surface area contributed by atoms with Gasteiger partial charge in [0, 0.05) is 22.4 Å². The topological polar surface area (TPSA) is 52.9 Å². The van der Waals surface area contributed by atoms with Crippen molar-refractivity contribution in [2.24, 2.45) is 5.10 Å². The number of aliphatic hydroxyl groups is 1. The summed E-state index contributed by atoms with van der Waals surface area (Å²) in [6, 6.07) is 1.59. The van der Waals surface area contributed by atoms with Crippen LogP contribution in [0, 0.1) is 6.92 Å². The van der Waals surface area contributed by atoms with Gasteiger partial charge in [0.15, 0.2) is 0 Å². The monoisotopic (exact) mass is 274 g/mol. The second kappa shape index (κ2) is 4.40. The Morgan fingerprint density at radius 2 is 2.28 bits per heavy atom. The normalized spacial score (nSPS) is 23.7. The van der Waals surface area contributed by atoms with E-state index in [0.717, 1.165) is 4.88 Å². The minimum Gasteiger partial charge on any atom is -0.364 e. The van der Waals surface area contributed by atoms with E-state index >= 15 is 0 Å². The van der Waals surface area contributed by atoms with Crippen LogP contribution in [0.15, 0.2) is 16.5 Å². The molecule has 0 radical (unpaired) electrons. The Bertz CT molecular complexity index is 515. The molecule has 0 fully saturated rings. The quantitative estimate of drug-likeness (QED) is 0.899. The van der Waals surface area contributed by atoms with Crippen LogP contribution in [0.2, 0.25) is 0 Å². The molecule has 18 heavy (non-hydrogen) atoms. The highest BCUT2D eigenvalue weighted by Gasteiger charge is 2.51. The van der Waals surface area contributed by atoms with Crippen LogP contribution in [0.3, 0.4) is 0 Å². The fourth-order valence-corrected chi connectivity index (χ4v) is 2.49. The number of carbonyl (C=O) groups excluding carboxylic acids is 1. The number of hydrogen-bond donors (Lipinski definition) is 1. The maximum absolute atomic E-state index is 12.9. The van der Waals surface area contributed by atoms with Crippen molar-refractivity contribution >= 4 is 23.0 Å². The van der Waals surface area contributed by atoms with Crippen molar-refractivity contribution in [3.63, 3.8) is 0 Å². The van der Waals surface area contributed by atoms with E-state index < -0.39 is 18.1 Å². The Hall–Kier alpha value is -1.34. The molecule has 0 saturated heterocycles. The maximum atomic E-state index is 12.9. The Morgan fingerprint density at radius 1 is 1.61 bits per heavy atom. The van der Waals surface area contributed by atoms with E-state index in [-0.39, 0.29) is 12.0 Å². The number of halogens is 2. The molecule has 0 unspecified atom stereocenters. The van der Waals surface area contributed by atoms with E-state index in [9.17, 15) is 18.7 Å². The highest BCUT2D eigenvalue weighted by molar-refractivity contribution is 7.10. The van der Waals surface area contributed by atoms with Crippen molar-refractivity contribution in [2.45, 2.75) is 32.4 Å². The first-order valence-corrected chi connectivity index (χ1v) is 6.17. The molecule has 4 nitrogen and oxygen atoms in total. The minimum atomic E-state index is -3.07. The summed E-state index contributed by atoms with van der Waals surface area (Å²) in [4.78, 5) is 12.9. The first-order chi connectivity index (χ1) is 8.34. The summed E-state index contributed by atoms with van der Waals surface area (Å²) in [7, 11) is 0. The molecule has 7 heteroatoms. The number of hydrogen-bond acceptors (Lipinski definition) is 4. The number of thiophene rings is 1. The van der Waals surface area contributed by atoms with Gasteiger partial charge in [-0.15, -0.1) is 11.3 Å². The zero-order valence-corrected chi connectivity index (χ0v) is 10.7. The number of amides is 1. The van der Waals surface area contributed by atoms with Gasteiger partial charge in [-0.3, -0.25) is 4.79 Å². The third kappa shape index (κ3) is 2.04. The molecule has 1 aliphatic heterocycles. The number of nitrogens with zero attached hydrogens (tertiary/aromatic N) is 2. The van der Waals surface area contributed by atoms with Gasteiger partial charge in [0.2, 0.25) is 5.72 Å². The fourth-order valence-electron chi connectivity index (χ4n) is 1.81. The molecule has 98 valence electrons. The molecular weight excluding hydrogens is 262 g/mol. The molecule has 2 rings (SSSR count). The molecule has 2 heterocycles. The Labute approximate surface area is 107 Å². The average Bonchev–Trinajstić information content (AvgIpc) is 2.82. The zero-order valence-electron chi connectivity index (χ0n) is 9.85. The van der Waals surface area contributed by atoms with Crippen LogP contribution >= 0.6 is 11.3 Å². The molecule has 1 aromatic rings. The van der Waals surface area contributed by atoms with Crippen molar-refractivity contribution in [1.82, 2.24) is 5.01 Å². The van der Waals surface area contributed by atoms with Crippen molar-refractivity contribution in [1.29, 1.82) is 0 Å². The van der Waals surface area contributed by atoms with Crippen LogP contribution in [-0.4, -0.2) is 33.9 Å². The minimum absolute atomic E-state index is 0.259. The van der Waals surface area contributed by atoms with E-state index in [0.29, 0.717) is 10.7 Å². The number of carbonyl (C=O) groups is 1. The zero-order chi connectivity index (χ0) is 13.5. The summed E-state index contributed by atoms with van der Waals surface area (Å²) < 4.78 is 25.8. The van der Waals surface area contributed by atoms with Crippen molar-refractivity contribution in [3.05, 3.63) is 21.9 Å². The second-order valence-electron chi connectivity index (χ2n) is 4.25. The molecule has 1 amide bonds. The smallest absolute Gasteiger partial charge is 0.287 e. The van der Waals surface area contributed by atoms with E-state index in [4.69, 9.17) is 0 Å². The van der Waals surface area contributed by atoms with E-state index in [2.05, 4.69) is 5.10 Å². The highest BCUT2D eigenvalue weighted by atomic mass is 32.1. The number of aryl methyl sites for hydroxylation is 1. The van der Waals surface area contributed by atoms with Crippen molar-refractivity contribution in [2.75, 3.05) is 0 Å². The average molecular weight is 274 g/mol. The van der Waals surface area contributed by atoms with Crippen LogP contribution in [0.4, 0.5) is 8.78 Å². The molecule has 1 N–H and O–H groups in total. The van der Waals surface area contributed by atoms with Crippen LogP contribution in [0.25, 0.3) is 0 Å². The molecule has 0 spiro atoms. The first kappa shape index (κ1) is 13.1. The molecule has 0 aromatic carbocycles. The number of hydrazone groups is 1. The predicted molar refractivity (Wildman–Crippen MR) is 63.9 cm³/mol. The third-order valence-corrected chi connectivity index (χ3v) is 3.53. The SMILES string of the molecule is CC1=NN(C(=O)c2csc(C)c2)[C@](O)(C(F)F)C1. The summed E-state index contributed by atoms with van der Waals surface area (Å²) in [5, 5.41) is 15.7. The summed E-state index contributed by atoms with van der Waals surface area (Å²) in [5.41, 5.74) is -1.97. The molecule has 0 aliphatic carbocycles. The van der Waals surface area contributed by atoms with Gasteiger partial charge in [0.1, 0.15) is 0 Å². The van der Waals surface area contributed by atoms with Gasteiger partial charge in [0.25, 0.3) is 12.3 Å². The van der Waals surface area contributed by atoms with Gasteiger partial charge < -0.3 is 5.11 Å². The molecule has 1 aromatic heterocycles. The molecule has 0 saturated carbocycles. The van der Waals surface area contributed by atoms with E-state index in [1.54, 1.807) is 18.4 Å². The van der Waals surface area contributed by atoms with Crippen LogP contribution in [0.5, 0.6) is 0 Å². The fraction of sp³-hybridized carbons (Fsp3) is 0.455. The lowest BCUT2D eigenvalue weighted by Crippen LogP contribution is -2.51. The Balaban J connectivity index is 2.34. The number of rotatable bonds is 2. The summed E-state index contributed by atoms with van der Waals surface area (Å²) in [6.45, 7) is 3.30. The lowest BCUT2D eigenvalue weighted by molar-refractivity contribution is -0.164. The van der Waals surface area contributed by atoms with Crippen LogP contribution in [0.1, 0.15) is 28.6 Å². The maximum Gasteiger partial charge on any atom is 0.287 e. The second-order valence-corrected chi connectivity index (χ2v) is 5.37. The van der Waals surface area contributed by atoms with Gasteiger partial charge >= 0.3 is 0 Å². The van der Waals surface area contributed by atoms with Crippen LogP contribution in [-0.2, 0) is 0 Å². The Morgan fingerprint density at radius 3 is 2.78 bits per heavy atom. The first-order valence-electron chi connectivity index (χ1n) is 5.29. The van der Waals surface area contributed by atoms with E-state index in [1.807, 2.05) is 0 Å². The summed E-state index contributed by atoms with van der Waals surface area (Å²) in [6.07, 6.45) is -3.40. The summed E-state index contributed by atoms with van der Waals surface area (Å²) in [5.74, 6) is -0.709. The highest BCUT2D eigenvalue weighted by Crippen LogP contribution is 2.33. The van der Waals surface area contributed by atoms with Crippen molar-refractivity contribution in [3.8, 4) is 0 Å². The lowest BCUT2D eigenvalue weighted by atomic mass is 10.1. The van der Waals surface area contributed by atoms with Gasteiger partial charge in [-0.2, -0.15) is 10.1 Å². The number of alkyl halides is 2. The summed E-state index contributed by atoms with van der Waals surface area (Å²) >= 11 is 1.34. The molecule has 0 bridgehead atoms. The van der Waals surface area contributed by atoms with E-state index in [1.165, 1.54) is 18.3 Å². The molecule has 1 aliphatic rings. The van der Waals surface area contributed by atoms with Crippen molar-refractivity contribution < 1.29 is 18.7 Å². The Kier molecular flexibility index (Phi) is 3.20. The van der Waals surface area contributed by atoms with Gasteiger partial charge in [-0.25, -0.2) is 8.78 Å². The molecular formula is C11H12F2N2O2S. The van der Waals surface area contributed by atoms with Crippen LogP contribution < -0.4 is 0 Å². The predicted octanol–water partition coefficient (Wildman–Crippen LogP) is 2.23.